The normalized spacial score (nSPS) is 11.8. The lowest BCUT2D eigenvalue weighted by Crippen LogP contribution is -2.32. The number of H-pyrrole nitrogens is 2. The molecule has 0 aliphatic carbocycles. The summed E-state index contributed by atoms with van der Waals surface area (Å²) in [7, 11) is 0. The first-order valence-corrected chi connectivity index (χ1v) is 24.1. The van der Waals surface area contributed by atoms with Crippen LogP contribution in [0.15, 0.2) is 173 Å². The third-order valence-electron chi connectivity index (χ3n) is 12.6. The highest BCUT2D eigenvalue weighted by Gasteiger charge is 2.22. The molecule has 8 nitrogen and oxygen atoms in total. The minimum Gasteiger partial charge on any atom is -0.354 e. The predicted octanol–water partition coefficient (Wildman–Crippen LogP) is 12.3. The fraction of sp³-hybridized carbons (Fsp3) is 0.200. The highest BCUT2D eigenvalue weighted by molar-refractivity contribution is 5.99. The van der Waals surface area contributed by atoms with Crippen LogP contribution in [0, 0.1) is 0 Å². The van der Waals surface area contributed by atoms with E-state index in [0.29, 0.717) is 0 Å². The summed E-state index contributed by atoms with van der Waals surface area (Å²) < 4.78 is 9.10. The highest BCUT2D eigenvalue weighted by Crippen LogP contribution is 2.38. The van der Waals surface area contributed by atoms with Gasteiger partial charge in [0.05, 0.1) is 22.8 Å². The molecular weight excluding hydrogens is 833 g/mol. The molecule has 2 N–H and O–H groups in total. The number of aryl methyl sites for hydroxylation is 4. The van der Waals surface area contributed by atoms with E-state index >= 15 is 0 Å². The first kappa shape index (κ1) is 45.3. The number of fused-ring (bicyclic) bond motifs is 8. The third-order valence-corrected chi connectivity index (χ3v) is 12.6. The van der Waals surface area contributed by atoms with Gasteiger partial charge in [-0.05, 0) is 98.5 Å². The Balaban J connectivity index is 1.38. The van der Waals surface area contributed by atoms with Gasteiger partial charge in [-0.3, -0.25) is 0 Å². The quantitative estimate of drug-likeness (QED) is 0.0454. The summed E-state index contributed by atoms with van der Waals surface area (Å²) in [6, 6.07) is 26.2. The fourth-order valence-corrected chi connectivity index (χ4v) is 9.33. The van der Waals surface area contributed by atoms with E-state index in [1.54, 1.807) is 0 Å². The molecule has 9 rings (SSSR count). The summed E-state index contributed by atoms with van der Waals surface area (Å²) >= 11 is 0. The van der Waals surface area contributed by atoms with Crippen LogP contribution in [0.4, 0.5) is 0 Å². The van der Waals surface area contributed by atoms with Crippen LogP contribution in [-0.4, -0.2) is 19.9 Å². The molecule has 338 valence electrons. The van der Waals surface area contributed by atoms with Crippen LogP contribution in [0.1, 0.15) is 74.1 Å². The summed E-state index contributed by atoms with van der Waals surface area (Å²) in [6.45, 7) is 19.4. The number of nitrogens with one attached hydrogen (secondary N) is 2. The van der Waals surface area contributed by atoms with E-state index in [2.05, 4.69) is 201 Å². The van der Waals surface area contributed by atoms with Gasteiger partial charge in [0.1, 0.15) is 26.2 Å². The lowest BCUT2D eigenvalue weighted by Gasteiger charge is -2.06. The van der Waals surface area contributed by atoms with Crippen molar-refractivity contribution in [2.24, 2.45) is 0 Å². The molecule has 0 atom stereocenters. The number of aromatic amines is 2. The van der Waals surface area contributed by atoms with Gasteiger partial charge in [0.15, 0.2) is 49.6 Å². The Morgan fingerprint density at radius 2 is 0.618 bits per heavy atom. The molecule has 0 spiro atoms. The molecule has 2 aliphatic heterocycles. The van der Waals surface area contributed by atoms with Gasteiger partial charge >= 0.3 is 0 Å². The van der Waals surface area contributed by atoms with Gasteiger partial charge < -0.3 is 9.97 Å². The highest BCUT2D eigenvalue weighted by atomic mass is 14.9. The topological polar surface area (TPSA) is 72.9 Å². The van der Waals surface area contributed by atoms with Gasteiger partial charge in [-0.1, -0.05) is 24.3 Å². The van der Waals surface area contributed by atoms with Crippen molar-refractivity contribution in [3.63, 3.8) is 0 Å². The zero-order valence-electron chi connectivity index (χ0n) is 39.2. The number of unbranched alkanes of at least 4 members (excludes halogenated alkanes) is 4. The molecule has 0 saturated carbocycles. The van der Waals surface area contributed by atoms with Crippen molar-refractivity contribution in [3.05, 3.63) is 196 Å². The molecule has 0 aromatic carbocycles. The van der Waals surface area contributed by atoms with Crippen LogP contribution in [0.5, 0.6) is 0 Å². The maximum atomic E-state index is 5.59. The lowest BCUT2D eigenvalue weighted by atomic mass is 10.1. The Kier molecular flexibility index (Phi) is 14.4. The van der Waals surface area contributed by atoms with E-state index < -0.39 is 0 Å². The van der Waals surface area contributed by atoms with Crippen molar-refractivity contribution in [1.29, 1.82) is 0 Å². The van der Waals surface area contributed by atoms with Crippen LogP contribution >= 0.6 is 0 Å². The fourth-order valence-electron chi connectivity index (χ4n) is 9.33. The second kappa shape index (κ2) is 21.6. The molecule has 68 heavy (non-hydrogen) atoms. The summed E-state index contributed by atoms with van der Waals surface area (Å²) in [5.74, 6) is 0. The minimum atomic E-state index is 0.885. The standard InChI is InChI=1S/C60H62N8/c1-5-9-13-33-65-37-17-21-45(41-65)57-49-25-27-51(61-49)58(46-22-18-38-66(42-46)34-14-10-6-2)53-29-31-55(63-53)60(48-24-20-40-68(44-48)36-16-12-8-4)56-32-30-54(64-56)59(52-28-26-50(57)62-52)47-23-19-39-67(43-47)35-15-11-7-3/h5-8,17-32,37-44,61,64H,1-4,9-16,33-36H2/q+4. The van der Waals surface area contributed by atoms with E-state index in [1.165, 1.54) is 0 Å². The van der Waals surface area contributed by atoms with E-state index in [4.69, 9.17) is 9.97 Å². The maximum absolute atomic E-state index is 5.59. The maximum Gasteiger partial charge on any atom is 0.176 e. The number of hydrogen-bond acceptors (Lipinski definition) is 2. The molecule has 0 amide bonds. The second-order valence-corrected chi connectivity index (χ2v) is 17.5. The SMILES string of the molecule is C=CCCC[n+]1cccc(-c2c3nc(c(-c4ccc[n+](CCCC=C)c4)c4ccc([nH]4)c(-c4ccc[n+](CCCC=C)c4)c4nc(c(-c5ccc[n+](CCCC=C)c5)c5ccc2[nH]5)C=C4)C=C3)c1. The third kappa shape index (κ3) is 10.2. The Morgan fingerprint density at radius 1 is 0.368 bits per heavy atom. The Labute approximate surface area is 400 Å². The zero-order valence-corrected chi connectivity index (χ0v) is 39.2. The number of hydrogen-bond donors (Lipinski definition) is 2. The van der Waals surface area contributed by atoms with Crippen LogP contribution in [0.2, 0.25) is 0 Å². The van der Waals surface area contributed by atoms with Crippen molar-refractivity contribution in [3.8, 4) is 44.5 Å². The van der Waals surface area contributed by atoms with Crippen molar-refractivity contribution < 1.29 is 18.3 Å². The summed E-state index contributed by atoms with van der Waals surface area (Å²) in [4.78, 5) is 19.1. The number of nitrogens with zero attached hydrogens (tertiary/aromatic N) is 6. The molecule has 0 saturated heterocycles. The Morgan fingerprint density at radius 3 is 0.853 bits per heavy atom. The average Bonchev–Trinajstić information content (AvgIpc) is 4.21. The molecule has 0 radical (unpaired) electrons. The molecule has 0 fully saturated rings. The monoisotopic (exact) mass is 895 g/mol. The van der Waals surface area contributed by atoms with Gasteiger partial charge in [-0.25, -0.2) is 28.2 Å². The zero-order chi connectivity index (χ0) is 46.7. The van der Waals surface area contributed by atoms with E-state index in [-0.39, 0.29) is 0 Å². The van der Waals surface area contributed by atoms with E-state index in [9.17, 15) is 0 Å². The van der Waals surface area contributed by atoms with E-state index in [1.807, 2.05) is 24.3 Å². The first-order chi connectivity index (χ1) is 33.5. The molecular formula is C60H62N8+4. The van der Waals surface area contributed by atoms with Gasteiger partial charge in [-0.15, -0.1) is 26.3 Å². The van der Waals surface area contributed by atoms with Gasteiger partial charge in [0.2, 0.25) is 0 Å². The summed E-state index contributed by atoms with van der Waals surface area (Å²) in [6.07, 6.45) is 42.1. The molecule has 7 aromatic heterocycles. The van der Waals surface area contributed by atoms with Crippen molar-refractivity contribution in [1.82, 2.24) is 19.9 Å². The summed E-state index contributed by atoms with van der Waals surface area (Å²) in [5, 5.41) is 0. The van der Waals surface area contributed by atoms with Crippen LogP contribution in [0.25, 0.3) is 90.9 Å². The van der Waals surface area contributed by atoms with Gasteiger partial charge in [0, 0.05) is 117 Å². The Bertz CT molecular complexity index is 2810. The number of allylic oxidation sites excluding steroid dienone is 4. The lowest BCUT2D eigenvalue weighted by molar-refractivity contribution is -0.696. The molecule has 8 bridgehead atoms. The first-order valence-electron chi connectivity index (χ1n) is 24.1. The summed E-state index contributed by atoms with van der Waals surface area (Å²) in [5.41, 5.74) is 15.8. The van der Waals surface area contributed by atoms with Crippen molar-refractivity contribution in [2.45, 2.75) is 77.5 Å². The van der Waals surface area contributed by atoms with Crippen molar-refractivity contribution >= 4 is 46.4 Å². The minimum absolute atomic E-state index is 0.885. The molecule has 0 unspecified atom stereocenters. The second-order valence-electron chi connectivity index (χ2n) is 17.5. The molecule has 7 aromatic rings. The average molecular weight is 895 g/mol. The molecule has 9 heterocycles. The smallest absolute Gasteiger partial charge is 0.176 e. The van der Waals surface area contributed by atoms with Crippen LogP contribution in [-0.2, 0) is 26.2 Å². The van der Waals surface area contributed by atoms with Gasteiger partial charge in [-0.2, -0.15) is 0 Å². The predicted molar refractivity (Wildman–Crippen MR) is 279 cm³/mol. The largest absolute Gasteiger partial charge is 0.354 e. The van der Waals surface area contributed by atoms with Crippen molar-refractivity contribution in [2.75, 3.05) is 0 Å². The van der Waals surface area contributed by atoms with Crippen LogP contribution in [0.3, 0.4) is 0 Å². The van der Waals surface area contributed by atoms with Gasteiger partial charge in [0.25, 0.3) is 0 Å². The number of rotatable bonds is 20. The Hall–Kier alpha value is -7.84. The van der Waals surface area contributed by atoms with Crippen LogP contribution < -0.4 is 18.3 Å². The number of aromatic nitrogens is 8. The van der Waals surface area contributed by atoms with E-state index in [0.717, 1.165) is 167 Å². The molecule has 2 aliphatic rings. The number of pyridine rings is 4. The molecule has 8 heteroatoms.